The minimum atomic E-state index is -4.45. The van der Waals surface area contributed by atoms with E-state index >= 15 is 0 Å². The van der Waals surface area contributed by atoms with Crippen molar-refractivity contribution in [3.63, 3.8) is 0 Å². The monoisotopic (exact) mass is 388 g/mol. The summed E-state index contributed by atoms with van der Waals surface area (Å²) >= 11 is 0. The Morgan fingerprint density at radius 3 is 2.57 bits per heavy atom. The third kappa shape index (κ3) is 3.60. The van der Waals surface area contributed by atoms with Crippen LogP contribution in [0.5, 0.6) is 0 Å². The van der Waals surface area contributed by atoms with Gasteiger partial charge in [-0.1, -0.05) is 49.4 Å². The van der Waals surface area contributed by atoms with Gasteiger partial charge in [0, 0.05) is 6.42 Å². The van der Waals surface area contributed by atoms with Gasteiger partial charge in [0.05, 0.1) is 24.2 Å². The van der Waals surface area contributed by atoms with Gasteiger partial charge in [0.1, 0.15) is 5.78 Å². The fraction of sp³-hybridized carbons (Fsp3) is 0.435. The van der Waals surface area contributed by atoms with Crippen molar-refractivity contribution in [2.75, 3.05) is 0 Å². The zero-order valence-corrected chi connectivity index (χ0v) is 15.8. The van der Waals surface area contributed by atoms with Crippen LogP contribution in [-0.2, 0) is 28.7 Å². The van der Waals surface area contributed by atoms with Gasteiger partial charge >= 0.3 is 6.18 Å². The summed E-state index contributed by atoms with van der Waals surface area (Å²) in [5.41, 5.74) is 1.01. The topological polar surface area (TPSA) is 26.3 Å². The SMILES string of the molecule is C[C@]1(Cc2ccccc2)CCC(=O)C2c3cccc(C(F)(F)F)c3CO[C@H]2C1. The Hall–Kier alpha value is -2.14. The van der Waals surface area contributed by atoms with E-state index in [9.17, 15) is 18.0 Å². The zero-order valence-electron chi connectivity index (χ0n) is 15.8. The van der Waals surface area contributed by atoms with Crippen molar-refractivity contribution in [1.29, 1.82) is 0 Å². The summed E-state index contributed by atoms with van der Waals surface area (Å²) in [4.78, 5) is 13.0. The fourth-order valence-corrected chi connectivity index (χ4v) is 4.78. The Morgan fingerprint density at radius 1 is 1.11 bits per heavy atom. The molecule has 0 aromatic heterocycles. The maximum Gasteiger partial charge on any atom is 0.416 e. The summed E-state index contributed by atoms with van der Waals surface area (Å²) in [6.07, 6.45) is -2.26. The smallest absolute Gasteiger partial charge is 0.372 e. The van der Waals surface area contributed by atoms with Crippen LogP contribution in [0.3, 0.4) is 0 Å². The molecule has 1 unspecified atom stereocenters. The maximum atomic E-state index is 13.4. The molecular formula is C23H23F3O2. The van der Waals surface area contributed by atoms with Crippen LogP contribution in [0, 0.1) is 5.41 Å². The van der Waals surface area contributed by atoms with Gasteiger partial charge in [-0.15, -0.1) is 0 Å². The molecule has 1 aliphatic heterocycles. The molecule has 0 amide bonds. The third-order valence-corrected chi connectivity index (χ3v) is 6.16. The number of alkyl halides is 3. The lowest BCUT2D eigenvalue weighted by molar-refractivity contribution is -0.141. The number of carbonyl (C=O) groups is 1. The number of rotatable bonds is 2. The van der Waals surface area contributed by atoms with E-state index in [4.69, 9.17) is 4.74 Å². The van der Waals surface area contributed by atoms with Crippen LogP contribution in [0.2, 0.25) is 0 Å². The summed E-state index contributed by atoms with van der Waals surface area (Å²) in [5.74, 6) is -0.620. The largest absolute Gasteiger partial charge is 0.416 e. The van der Waals surface area contributed by atoms with E-state index in [1.54, 1.807) is 6.07 Å². The highest BCUT2D eigenvalue weighted by atomic mass is 19.4. The van der Waals surface area contributed by atoms with Gasteiger partial charge in [0.25, 0.3) is 0 Å². The Labute approximate surface area is 162 Å². The molecule has 1 heterocycles. The molecule has 2 aliphatic rings. The fourth-order valence-electron chi connectivity index (χ4n) is 4.78. The second-order valence-electron chi connectivity index (χ2n) is 8.34. The first-order valence-corrected chi connectivity index (χ1v) is 9.64. The second-order valence-corrected chi connectivity index (χ2v) is 8.34. The van der Waals surface area contributed by atoms with Gasteiger partial charge in [0.2, 0.25) is 0 Å². The van der Waals surface area contributed by atoms with Crippen LogP contribution in [0.15, 0.2) is 48.5 Å². The molecule has 0 radical (unpaired) electrons. The molecule has 0 saturated heterocycles. The Morgan fingerprint density at radius 2 is 1.86 bits per heavy atom. The predicted molar refractivity (Wildman–Crippen MR) is 99.9 cm³/mol. The van der Waals surface area contributed by atoms with E-state index in [-0.39, 0.29) is 29.5 Å². The lowest BCUT2D eigenvalue weighted by Gasteiger charge is -2.37. The van der Waals surface area contributed by atoms with Gasteiger partial charge in [0.15, 0.2) is 0 Å². The average Bonchev–Trinajstić information content (AvgIpc) is 2.77. The standard InChI is InChI=1S/C23H23F3O2/c1-22(12-15-6-3-2-4-7-15)11-10-19(27)21-16-8-5-9-18(23(24,25)26)17(16)14-28-20(21)13-22/h2-9,20-21H,10-14H2,1H3/t20-,21?,22+/m0/s1. The van der Waals surface area contributed by atoms with Crippen molar-refractivity contribution < 1.29 is 22.7 Å². The number of ketones is 1. The Balaban J connectivity index is 1.67. The van der Waals surface area contributed by atoms with Crippen molar-refractivity contribution in [3.8, 4) is 0 Å². The molecule has 3 atom stereocenters. The van der Waals surface area contributed by atoms with E-state index < -0.39 is 17.7 Å². The number of hydrogen-bond donors (Lipinski definition) is 0. The van der Waals surface area contributed by atoms with Crippen LogP contribution in [0.25, 0.3) is 0 Å². The van der Waals surface area contributed by atoms with E-state index in [2.05, 4.69) is 19.1 Å². The molecule has 4 rings (SSSR count). The molecule has 0 bridgehead atoms. The first kappa shape index (κ1) is 19.2. The number of ether oxygens (including phenoxy) is 1. The van der Waals surface area contributed by atoms with Gasteiger partial charge in [-0.05, 0) is 47.4 Å². The molecule has 148 valence electrons. The van der Waals surface area contributed by atoms with E-state index in [0.717, 1.165) is 12.5 Å². The zero-order chi connectivity index (χ0) is 19.9. The molecule has 2 nitrogen and oxygen atoms in total. The van der Waals surface area contributed by atoms with Crippen LogP contribution in [0.1, 0.15) is 54.4 Å². The summed E-state index contributed by atoms with van der Waals surface area (Å²) in [7, 11) is 0. The summed E-state index contributed by atoms with van der Waals surface area (Å²) in [5, 5.41) is 0. The minimum absolute atomic E-state index is 0.0120. The lowest BCUT2D eigenvalue weighted by atomic mass is 9.75. The summed E-state index contributed by atoms with van der Waals surface area (Å²) in [6, 6.07) is 14.3. The van der Waals surface area contributed by atoms with E-state index in [1.165, 1.54) is 11.6 Å². The van der Waals surface area contributed by atoms with Crippen molar-refractivity contribution in [2.24, 2.45) is 5.41 Å². The quantitative estimate of drug-likeness (QED) is 0.661. The maximum absolute atomic E-state index is 13.4. The average molecular weight is 388 g/mol. The molecule has 28 heavy (non-hydrogen) atoms. The molecule has 1 saturated carbocycles. The number of hydrogen-bond acceptors (Lipinski definition) is 2. The Kier molecular flexibility index (Phi) is 4.82. The number of benzene rings is 2. The van der Waals surface area contributed by atoms with Gasteiger partial charge < -0.3 is 4.74 Å². The third-order valence-electron chi connectivity index (χ3n) is 6.16. The van der Waals surface area contributed by atoms with Crippen LogP contribution >= 0.6 is 0 Å². The summed E-state index contributed by atoms with van der Waals surface area (Å²) < 4.78 is 46.1. The number of fused-ring (bicyclic) bond motifs is 3. The van der Waals surface area contributed by atoms with Crippen molar-refractivity contribution in [2.45, 2.75) is 57.4 Å². The Bertz CT molecular complexity index is 875. The molecule has 2 aromatic carbocycles. The highest BCUT2D eigenvalue weighted by Gasteiger charge is 2.45. The highest BCUT2D eigenvalue weighted by Crippen LogP contribution is 2.47. The molecule has 1 aliphatic carbocycles. The van der Waals surface area contributed by atoms with E-state index in [0.29, 0.717) is 24.8 Å². The molecule has 5 heteroatoms. The van der Waals surface area contributed by atoms with Gasteiger partial charge in [-0.25, -0.2) is 0 Å². The molecule has 0 N–H and O–H groups in total. The number of Topliss-reactive ketones (excluding diaryl/α,β-unsaturated/α-hetero) is 1. The predicted octanol–water partition coefficient (Wildman–Crippen LogP) is 5.69. The van der Waals surface area contributed by atoms with E-state index in [1.807, 2.05) is 18.2 Å². The molecular weight excluding hydrogens is 365 g/mol. The van der Waals surface area contributed by atoms with Crippen molar-refractivity contribution >= 4 is 5.78 Å². The highest BCUT2D eigenvalue weighted by molar-refractivity contribution is 5.87. The molecule has 1 fully saturated rings. The minimum Gasteiger partial charge on any atom is -0.372 e. The first-order valence-electron chi connectivity index (χ1n) is 9.64. The van der Waals surface area contributed by atoms with Crippen molar-refractivity contribution in [3.05, 3.63) is 70.8 Å². The van der Waals surface area contributed by atoms with Crippen LogP contribution in [-0.4, -0.2) is 11.9 Å². The van der Waals surface area contributed by atoms with Crippen molar-refractivity contribution in [1.82, 2.24) is 0 Å². The lowest BCUT2D eigenvalue weighted by Crippen LogP contribution is -2.35. The van der Waals surface area contributed by atoms with Gasteiger partial charge in [-0.2, -0.15) is 13.2 Å². The normalized spacial score (nSPS) is 27.6. The first-order chi connectivity index (χ1) is 13.3. The van der Waals surface area contributed by atoms with Gasteiger partial charge in [-0.3, -0.25) is 4.79 Å². The number of halogens is 3. The molecule has 0 spiro atoms. The number of carbonyl (C=O) groups excluding carboxylic acids is 1. The van der Waals surface area contributed by atoms with Crippen LogP contribution < -0.4 is 0 Å². The summed E-state index contributed by atoms with van der Waals surface area (Å²) in [6.45, 7) is 2.06. The molecule has 2 aromatic rings. The second kappa shape index (κ2) is 7.03. The van der Waals surface area contributed by atoms with Crippen LogP contribution in [0.4, 0.5) is 13.2 Å².